The minimum Gasteiger partial charge on any atom is -0.468 e. The van der Waals surface area contributed by atoms with Crippen molar-refractivity contribution in [2.24, 2.45) is 0 Å². The van der Waals surface area contributed by atoms with Crippen molar-refractivity contribution in [1.82, 2.24) is 4.90 Å². The number of rotatable bonds is 7. The molecule has 2 aromatic rings. The number of carbonyl (C=O) groups excluding carboxylic acids is 1. The second-order valence-corrected chi connectivity index (χ2v) is 7.64. The van der Waals surface area contributed by atoms with Gasteiger partial charge in [0.1, 0.15) is 5.76 Å². The van der Waals surface area contributed by atoms with Crippen LogP contribution in [0.4, 0.5) is 5.69 Å². The van der Waals surface area contributed by atoms with Crippen LogP contribution >= 0.6 is 22.6 Å². The maximum absolute atomic E-state index is 12.5. The smallest absolute Gasteiger partial charge is 0.238 e. The number of ether oxygens (including phenoxy) is 1. The number of hydrogen-bond donors (Lipinski definition) is 1. The summed E-state index contributed by atoms with van der Waals surface area (Å²) >= 11 is 2.27. The average molecular weight is 454 g/mol. The Morgan fingerprint density at radius 1 is 1.40 bits per heavy atom. The van der Waals surface area contributed by atoms with Crippen LogP contribution in [0.25, 0.3) is 0 Å². The van der Waals surface area contributed by atoms with Gasteiger partial charge in [-0.3, -0.25) is 9.69 Å². The van der Waals surface area contributed by atoms with E-state index in [-0.39, 0.29) is 12.0 Å². The van der Waals surface area contributed by atoms with Crippen molar-refractivity contribution in [3.05, 3.63) is 51.5 Å². The highest BCUT2D eigenvalue weighted by atomic mass is 127. The second kappa shape index (κ2) is 8.82. The van der Waals surface area contributed by atoms with Crippen LogP contribution in [0.2, 0.25) is 0 Å². The van der Waals surface area contributed by atoms with Gasteiger partial charge in [0.25, 0.3) is 0 Å². The molecule has 0 saturated carbocycles. The predicted octanol–water partition coefficient (Wildman–Crippen LogP) is 3.81. The Balaban J connectivity index is 1.62. The molecule has 1 N–H and O–H groups in total. The molecule has 0 spiro atoms. The highest BCUT2D eigenvalue weighted by molar-refractivity contribution is 14.1. The van der Waals surface area contributed by atoms with Gasteiger partial charge in [0.05, 0.1) is 25.5 Å². The summed E-state index contributed by atoms with van der Waals surface area (Å²) < 4.78 is 12.3. The van der Waals surface area contributed by atoms with E-state index in [4.69, 9.17) is 9.15 Å². The first-order chi connectivity index (χ1) is 12.1. The summed E-state index contributed by atoms with van der Waals surface area (Å²) in [5.41, 5.74) is 1.93. The average Bonchev–Trinajstić information content (AvgIpc) is 3.24. The van der Waals surface area contributed by atoms with Crippen LogP contribution in [0.5, 0.6) is 0 Å². The molecule has 1 unspecified atom stereocenters. The van der Waals surface area contributed by atoms with Crippen molar-refractivity contribution >= 4 is 34.2 Å². The molecule has 1 aromatic carbocycles. The van der Waals surface area contributed by atoms with Crippen LogP contribution in [-0.4, -0.2) is 36.6 Å². The van der Waals surface area contributed by atoms with Crippen LogP contribution in [-0.2, 0) is 16.1 Å². The zero-order chi connectivity index (χ0) is 17.6. The van der Waals surface area contributed by atoms with Crippen LogP contribution in [0.1, 0.15) is 24.2 Å². The molecular weight excluding hydrogens is 431 g/mol. The Labute approximate surface area is 161 Å². The second-order valence-electron chi connectivity index (χ2n) is 6.39. The van der Waals surface area contributed by atoms with Crippen LogP contribution < -0.4 is 5.32 Å². The first kappa shape index (κ1) is 18.4. The molecule has 1 amide bonds. The SMILES string of the molecule is Cc1cc(I)ccc1NC(=O)CN(Cc1ccco1)CC1CCCO1. The van der Waals surface area contributed by atoms with Gasteiger partial charge in [-0.2, -0.15) is 0 Å². The number of hydrogen-bond acceptors (Lipinski definition) is 4. The molecule has 6 heteroatoms. The maximum Gasteiger partial charge on any atom is 0.238 e. The standard InChI is InChI=1S/C19H23IN2O3/c1-14-10-15(20)6-7-18(14)21-19(23)13-22(11-16-4-2-8-24-16)12-17-5-3-9-25-17/h2,4,6-8,10,17H,3,5,9,11-13H2,1H3,(H,21,23). The van der Waals surface area contributed by atoms with Crippen LogP contribution in [0.15, 0.2) is 41.0 Å². The van der Waals surface area contributed by atoms with E-state index in [1.165, 1.54) is 0 Å². The fourth-order valence-corrected chi connectivity index (χ4v) is 3.69. The molecule has 1 aromatic heterocycles. The van der Waals surface area contributed by atoms with E-state index in [9.17, 15) is 4.79 Å². The Morgan fingerprint density at radius 2 is 2.28 bits per heavy atom. The number of furan rings is 1. The number of amides is 1. The molecule has 0 bridgehead atoms. The van der Waals surface area contributed by atoms with Gasteiger partial charge in [-0.05, 0) is 78.3 Å². The fraction of sp³-hybridized carbons (Fsp3) is 0.421. The molecular formula is C19H23IN2O3. The van der Waals surface area contributed by atoms with Crippen molar-refractivity contribution in [1.29, 1.82) is 0 Å². The van der Waals surface area contributed by atoms with Crippen molar-refractivity contribution in [3.63, 3.8) is 0 Å². The first-order valence-corrected chi connectivity index (χ1v) is 9.60. The van der Waals surface area contributed by atoms with E-state index < -0.39 is 0 Å². The molecule has 25 heavy (non-hydrogen) atoms. The van der Waals surface area contributed by atoms with Gasteiger partial charge in [-0.15, -0.1) is 0 Å². The zero-order valence-corrected chi connectivity index (χ0v) is 16.5. The van der Waals surface area contributed by atoms with Gasteiger partial charge in [0, 0.05) is 22.4 Å². The number of carbonyl (C=O) groups is 1. The highest BCUT2D eigenvalue weighted by Crippen LogP contribution is 2.19. The van der Waals surface area contributed by atoms with Crippen LogP contribution in [0, 0.1) is 10.5 Å². The lowest BCUT2D eigenvalue weighted by molar-refractivity contribution is -0.117. The molecule has 5 nitrogen and oxygen atoms in total. The Kier molecular flexibility index (Phi) is 6.50. The van der Waals surface area contributed by atoms with E-state index >= 15 is 0 Å². The minimum atomic E-state index is -0.0196. The number of halogens is 1. The lowest BCUT2D eigenvalue weighted by Gasteiger charge is -2.24. The third-order valence-corrected chi connectivity index (χ3v) is 4.95. The lowest BCUT2D eigenvalue weighted by atomic mass is 10.2. The van der Waals surface area contributed by atoms with Gasteiger partial charge in [-0.25, -0.2) is 0 Å². The Bertz CT molecular complexity index is 697. The first-order valence-electron chi connectivity index (χ1n) is 8.52. The molecule has 1 atom stereocenters. The molecule has 1 saturated heterocycles. The summed E-state index contributed by atoms with van der Waals surface area (Å²) in [6, 6.07) is 9.81. The molecule has 134 valence electrons. The molecule has 0 aliphatic carbocycles. The lowest BCUT2D eigenvalue weighted by Crippen LogP contribution is -2.37. The number of aryl methyl sites for hydroxylation is 1. The van der Waals surface area contributed by atoms with Crippen molar-refractivity contribution in [3.8, 4) is 0 Å². The molecule has 1 fully saturated rings. The van der Waals surface area contributed by atoms with Crippen molar-refractivity contribution in [2.45, 2.75) is 32.4 Å². The number of benzene rings is 1. The molecule has 2 heterocycles. The van der Waals surface area contributed by atoms with Crippen molar-refractivity contribution < 1.29 is 13.9 Å². The summed E-state index contributed by atoms with van der Waals surface area (Å²) in [4.78, 5) is 14.6. The van der Waals surface area contributed by atoms with Crippen LogP contribution in [0.3, 0.4) is 0 Å². The third-order valence-electron chi connectivity index (χ3n) is 4.28. The van der Waals surface area contributed by atoms with Gasteiger partial charge in [0.15, 0.2) is 0 Å². The summed E-state index contributed by atoms with van der Waals surface area (Å²) in [6.07, 6.45) is 4.00. The van der Waals surface area contributed by atoms with E-state index in [0.29, 0.717) is 13.1 Å². The fourth-order valence-electron chi connectivity index (χ4n) is 3.04. The topological polar surface area (TPSA) is 54.7 Å². The zero-order valence-electron chi connectivity index (χ0n) is 14.3. The molecule has 1 aliphatic rings. The quantitative estimate of drug-likeness (QED) is 0.647. The Morgan fingerprint density at radius 3 is 2.96 bits per heavy atom. The summed E-state index contributed by atoms with van der Waals surface area (Å²) in [5, 5.41) is 3.02. The molecule has 3 rings (SSSR count). The largest absolute Gasteiger partial charge is 0.468 e. The Hall–Kier alpha value is -1.38. The minimum absolute atomic E-state index is 0.0196. The van der Waals surface area contributed by atoms with Gasteiger partial charge >= 0.3 is 0 Å². The van der Waals surface area contributed by atoms with E-state index in [1.807, 2.05) is 31.2 Å². The summed E-state index contributed by atoms with van der Waals surface area (Å²) in [7, 11) is 0. The highest BCUT2D eigenvalue weighted by Gasteiger charge is 2.22. The number of anilines is 1. The monoisotopic (exact) mass is 454 g/mol. The van der Waals surface area contributed by atoms with E-state index in [2.05, 4.69) is 38.9 Å². The number of nitrogens with one attached hydrogen (secondary N) is 1. The summed E-state index contributed by atoms with van der Waals surface area (Å²) in [5.74, 6) is 0.838. The van der Waals surface area contributed by atoms with E-state index in [0.717, 1.165) is 46.6 Å². The maximum atomic E-state index is 12.5. The third kappa shape index (κ3) is 5.55. The normalized spacial score (nSPS) is 17.2. The van der Waals surface area contributed by atoms with E-state index in [1.54, 1.807) is 6.26 Å². The molecule has 1 aliphatic heterocycles. The number of nitrogens with zero attached hydrogens (tertiary/aromatic N) is 1. The summed E-state index contributed by atoms with van der Waals surface area (Å²) in [6.45, 7) is 4.47. The van der Waals surface area contributed by atoms with Gasteiger partial charge in [0.2, 0.25) is 5.91 Å². The van der Waals surface area contributed by atoms with Gasteiger partial charge < -0.3 is 14.5 Å². The van der Waals surface area contributed by atoms with Gasteiger partial charge in [-0.1, -0.05) is 0 Å². The molecule has 0 radical (unpaired) electrons. The predicted molar refractivity (Wildman–Crippen MR) is 105 cm³/mol. The van der Waals surface area contributed by atoms with Crippen molar-refractivity contribution in [2.75, 3.05) is 25.0 Å².